The number of nitrogens with one attached hydrogen (secondary N) is 2. The third kappa shape index (κ3) is 6.41. The molecule has 1 amide bonds. The molecular formula is C24H31N3O4. The zero-order valence-electron chi connectivity index (χ0n) is 18.8. The molecule has 7 heteroatoms. The Morgan fingerprint density at radius 2 is 1.94 bits per heavy atom. The van der Waals surface area contributed by atoms with Gasteiger partial charge in [0.25, 0.3) is 5.91 Å². The van der Waals surface area contributed by atoms with E-state index in [9.17, 15) is 14.7 Å². The Kier molecular flexibility index (Phi) is 9.93. The number of aromatic hydroxyl groups is 1. The van der Waals surface area contributed by atoms with Gasteiger partial charge in [-0.3, -0.25) is 9.59 Å². The van der Waals surface area contributed by atoms with Crippen LogP contribution in [0.4, 0.5) is 5.69 Å². The fourth-order valence-electron chi connectivity index (χ4n) is 2.82. The number of phenolic OH excluding ortho intramolecular Hbond substituents is 1. The van der Waals surface area contributed by atoms with E-state index in [1.807, 2.05) is 32.9 Å². The Morgan fingerprint density at radius 1 is 1.26 bits per heavy atom. The molecule has 0 unspecified atom stereocenters. The number of phenols is 1. The number of terminal acetylenes is 1. The van der Waals surface area contributed by atoms with E-state index in [0.29, 0.717) is 31.0 Å². The lowest BCUT2D eigenvalue weighted by Gasteiger charge is -2.26. The zero-order chi connectivity index (χ0) is 23.6. The number of hydrogen-bond donors (Lipinski definition) is 3. The van der Waals surface area contributed by atoms with Crippen LogP contribution in [-0.2, 0) is 9.53 Å². The second kappa shape index (κ2) is 12.1. The first-order valence-corrected chi connectivity index (χ1v) is 10.0. The first-order chi connectivity index (χ1) is 14.9. The van der Waals surface area contributed by atoms with Crippen molar-refractivity contribution < 1.29 is 19.4 Å². The van der Waals surface area contributed by atoms with Crippen molar-refractivity contribution in [1.82, 2.24) is 10.2 Å². The summed E-state index contributed by atoms with van der Waals surface area (Å²) in [6.07, 6.45) is 12.2. The lowest BCUT2D eigenvalue weighted by Crippen LogP contribution is -2.34. The molecule has 1 aromatic rings. The largest absolute Gasteiger partial charge is 0.505 e. The molecule has 0 bridgehead atoms. The van der Waals surface area contributed by atoms with Gasteiger partial charge in [0.1, 0.15) is 18.1 Å². The summed E-state index contributed by atoms with van der Waals surface area (Å²) in [7, 11) is 3.22. The van der Waals surface area contributed by atoms with Crippen molar-refractivity contribution in [2.75, 3.05) is 32.6 Å². The first kappa shape index (κ1) is 25.4. The van der Waals surface area contributed by atoms with Crippen molar-refractivity contribution in [1.29, 1.82) is 0 Å². The number of nitrogens with zero attached hydrogens (tertiary/aromatic N) is 1. The molecule has 3 rings (SSSR count). The van der Waals surface area contributed by atoms with E-state index in [4.69, 9.17) is 4.74 Å². The number of hydrogen-bond acceptors (Lipinski definition) is 6. The highest BCUT2D eigenvalue weighted by atomic mass is 16.5. The number of ketones is 1. The minimum atomic E-state index is -0.312. The number of rotatable bonds is 6. The van der Waals surface area contributed by atoms with Crippen LogP contribution in [0.1, 0.15) is 37.6 Å². The summed E-state index contributed by atoms with van der Waals surface area (Å²) in [6.45, 7) is 7.03. The summed E-state index contributed by atoms with van der Waals surface area (Å²) in [5, 5.41) is 16.6. The summed E-state index contributed by atoms with van der Waals surface area (Å²) in [5.41, 5.74) is 2.78. The number of Topliss-reactive ketones (excluding diaryl/α,β-unsaturated/α-hetero) is 1. The molecule has 31 heavy (non-hydrogen) atoms. The minimum Gasteiger partial charge on any atom is -0.505 e. The number of carbonyl (C=O) groups is 2. The number of ether oxygens (including phenoxy) is 1. The number of allylic oxidation sites excluding steroid dienone is 4. The summed E-state index contributed by atoms with van der Waals surface area (Å²) in [4.78, 5) is 25.5. The molecule has 0 atom stereocenters. The fourth-order valence-corrected chi connectivity index (χ4v) is 2.82. The molecule has 0 radical (unpaired) electrons. The van der Waals surface area contributed by atoms with Gasteiger partial charge in [0.2, 0.25) is 0 Å². The molecule has 0 saturated heterocycles. The van der Waals surface area contributed by atoms with Crippen LogP contribution in [0.15, 0.2) is 53.1 Å². The monoisotopic (exact) mass is 425 g/mol. The fraction of sp³-hybridized carbons (Fsp3) is 0.333. The first-order valence-electron chi connectivity index (χ1n) is 10.0. The van der Waals surface area contributed by atoms with Crippen LogP contribution in [-0.4, -0.2) is 48.9 Å². The minimum absolute atomic E-state index is 0.0594. The van der Waals surface area contributed by atoms with Crippen molar-refractivity contribution in [3.05, 3.63) is 58.6 Å². The van der Waals surface area contributed by atoms with E-state index in [-0.39, 0.29) is 23.0 Å². The van der Waals surface area contributed by atoms with E-state index in [2.05, 4.69) is 23.5 Å². The van der Waals surface area contributed by atoms with Crippen LogP contribution >= 0.6 is 0 Å². The molecule has 7 nitrogen and oxygen atoms in total. The van der Waals surface area contributed by atoms with Crippen LogP contribution in [0.5, 0.6) is 5.75 Å². The number of para-hydroxylation sites is 1. The predicted octanol–water partition coefficient (Wildman–Crippen LogP) is 3.42. The standard InChI is InChI=1S/C20H23N3O4.C2H6.C2H2/c1-12-7-8-27-13(9-12)11-21-16-10-17(24)18(16)22-15-6-4-5-14(19(15)25)20(26)23(2)3;2*1-2/h4-7,9,21-22,25H,8,10-11H2,1-3H3;1-2H3;1-2H. The Morgan fingerprint density at radius 3 is 2.52 bits per heavy atom. The number of benzene rings is 1. The Bertz CT molecular complexity index is 924. The zero-order valence-corrected chi connectivity index (χ0v) is 18.8. The number of amides is 1. The van der Waals surface area contributed by atoms with Gasteiger partial charge in [-0.15, -0.1) is 12.8 Å². The van der Waals surface area contributed by atoms with Crippen LogP contribution in [0, 0.1) is 12.8 Å². The molecule has 2 aliphatic rings. The topological polar surface area (TPSA) is 90.9 Å². The van der Waals surface area contributed by atoms with Crippen molar-refractivity contribution in [3.8, 4) is 18.6 Å². The second-order valence-electron chi connectivity index (χ2n) is 6.70. The SMILES string of the molecule is C#C.CC.CC1=CCOC(CNC2=C(Nc3cccc(C(=O)N(C)C)c3O)C(=O)C2)=C1. The van der Waals surface area contributed by atoms with Crippen molar-refractivity contribution in [2.45, 2.75) is 27.2 Å². The highest BCUT2D eigenvalue weighted by Gasteiger charge is 2.29. The van der Waals surface area contributed by atoms with Gasteiger partial charge in [-0.2, -0.15) is 0 Å². The van der Waals surface area contributed by atoms with Gasteiger partial charge in [-0.05, 0) is 36.8 Å². The molecule has 0 saturated carbocycles. The van der Waals surface area contributed by atoms with Gasteiger partial charge in [0.15, 0.2) is 11.5 Å². The van der Waals surface area contributed by atoms with E-state index in [0.717, 1.165) is 17.0 Å². The van der Waals surface area contributed by atoms with E-state index in [1.54, 1.807) is 32.3 Å². The predicted molar refractivity (Wildman–Crippen MR) is 123 cm³/mol. The maximum absolute atomic E-state index is 12.1. The quantitative estimate of drug-likeness (QED) is 0.478. The average molecular weight is 426 g/mol. The Hall–Kier alpha value is -3.66. The van der Waals surface area contributed by atoms with E-state index in [1.165, 1.54) is 4.90 Å². The molecule has 1 aliphatic heterocycles. The number of carbonyl (C=O) groups excluding carboxylic acids is 2. The Balaban J connectivity index is 0.00000113. The molecule has 0 spiro atoms. The molecule has 1 aromatic carbocycles. The average Bonchev–Trinajstić information content (AvgIpc) is 2.78. The third-order valence-electron chi connectivity index (χ3n) is 4.39. The number of anilines is 1. The Labute approximate surface area is 184 Å². The van der Waals surface area contributed by atoms with Gasteiger partial charge in [-0.25, -0.2) is 0 Å². The summed E-state index contributed by atoms with van der Waals surface area (Å²) < 4.78 is 5.54. The van der Waals surface area contributed by atoms with Gasteiger partial charge in [-0.1, -0.05) is 19.9 Å². The third-order valence-corrected chi connectivity index (χ3v) is 4.39. The van der Waals surface area contributed by atoms with Gasteiger partial charge >= 0.3 is 0 Å². The molecule has 1 aliphatic carbocycles. The molecule has 3 N–H and O–H groups in total. The maximum Gasteiger partial charge on any atom is 0.257 e. The molecule has 1 heterocycles. The van der Waals surface area contributed by atoms with Crippen molar-refractivity contribution >= 4 is 17.4 Å². The lowest BCUT2D eigenvalue weighted by molar-refractivity contribution is -0.116. The van der Waals surface area contributed by atoms with Crippen molar-refractivity contribution in [2.24, 2.45) is 0 Å². The molecule has 0 fully saturated rings. The van der Waals surface area contributed by atoms with E-state index >= 15 is 0 Å². The van der Waals surface area contributed by atoms with Crippen LogP contribution < -0.4 is 10.6 Å². The van der Waals surface area contributed by atoms with Gasteiger partial charge in [0, 0.05) is 19.8 Å². The maximum atomic E-state index is 12.1. The van der Waals surface area contributed by atoms with Crippen molar-refractivity contribution in [3.63, 3.8) is 0 Å². The summed E-state index contributed by atoms with van der Waals surface area (Å²) in [6, 6.07) is 4.83. The smallest absolute Gasteiger partial charge is 0.257 e. The van der Waals surface area contributed by atoms with Crippen LogP contribution in [0.2, 0.25) is 0 Å². The molecule has 0 aromatic heterocycles. The van der Waals surface area contributed by atoms with Gasteiger partial charge in [0.05, 0.1) is 24.2 Å². The van der Waals surface area contributed by atoms with Gasteiger partial charge < -0.3 is 25.4 Å². The molecule has 166 valence electrons. The van der Waals surface area contributed by atoms with Crippen LogP contribution in [0.3, 0.4) is 0 Å². The normalized spacial score (nSPS) is 14.2. The summed E-state index contributed by atoms with van der Waals surface area (Å²) >= 11 is 0. The second-order valence-corrected chi connectivity index (χ2v) is 6.70. The molecular weight excluding hydrogens is 394 g/mol. The highest BCUT2D eigenvalue weighted by Crippen LogP contribution is 2.32. The lowest BCUT2D eigenvalue weighted by atomic mass is 9.98. The highest BCUT2D eigenvalue weighted by molar-refractivity contribution is 6.07. The van der Waals surface area contributed by atoms with E-state index < -0.39 is 0 Å². The summed E-state index contributed by atoms with van der Waals surface area (Å²) in [5.74, 6) is 0.258. The van der Waals surface area contributed by atoms with Crippen LogP contribution in [0.25, 0.3) is 0 Å².